The fraction of sp³-hybridized carbons (Fsp3) is 0.385. The van der Waals surface area contributed by atoms with E-state index in [4.69, 9.17) is 10.8 Å². The first-order valence-electron chi connectivity index (χ1n) is 6.10. The Balaban J connectivity index is 2.04. The molecule has 1 amide bonds. The van der Waals surface area contributed by atoms with Crippen LogP contribution in [0.3, 0.4) is 0 Å². The normalized spacial score (nSPS) is 11.8. The Hall–Kier alpha value is -1.18. The van der Waals surface area contributed by atoms with Crippen LogP contribution in [0, 0.1) is 0 Å². The Morgan fingerprint density at radius 3 is 2.65 bits per heavy atom. The Morgan fingerprint density at radius 2 is 2.00 bits per heavy atom. The molecule has 1 atom stereocenters. The van der Waals surface area contributed by atoms with E-state index in [-0.39, 0.29) is 17.4 Å². The van der Waals surface area contributed by atoms with E-state index in [2.05, 4.69) is 5.32 Å². The van der Waals surface area contributed by atoms with Crippen LogP contribution in [-0.4, -0.2) is 46.8 Å². The summed E-state index contributed by atoms with van der Waals surface area (Å²) in [7, 11) is 0. The van der Waals surface area contributed by atoms with Crippen molar-refractivity contribution < 1.29 is 14.7 Å². The highest BCUT2D eigenvalue weighted by Crippen LogP contribution is 2.15. The number of benzene rings is 1. The van der Waals surface area contributed by atoms with E-state index in [1.54, 1.807) is 11.8 Å². The van der Waals surface area contributed by atoms with Gasteiger partial charge in [0.15, 0.2) is 0 Å². The predicted molar refractivity (Wildman–Crippen MR) is 83.1 cm³/mol. The summed E-state index contributed by atoms with van der Waals surface area (Å²) in [5.74, 6) is 0.131. The van der Waals surface area contributed by atoms with Crippen molar-refractivity contribution in [2.75, 3.05) is 23.8 Å². The molecule has 0 radical (unpaired) electrons. The molecule has 0 aliphatic rings. The first-order valence-corrected chi connectivity index (χ1v) is 8.24. The lowest BCUT2D eigenvalue weighted by atomic mass is 10.4. The van der Waals surface area contributed by atoms with E-state index >= 15 is 0 Å². The largest absolute Gasteiger partial charge is 0.480 e. The Bertz CT molecular complexity index is 429. The zero-order valence-corrected chi connectivity index (χ0v) is 12.6. The van der Waals surface area contributed by atoms with Crippen LogP contribution in [0.2, 0.25) is 0 Å². The number of carboxylic acid groups (broad SMARTS) is 1. The van der Waals surface area contributed by atoms with Gasteiger partial charge in [-0.3, -0.25) is 9.59 Å². The summed E-state index contributed by atoms with van der Waals surface area (Å²) in [6, 6.07) is 9.05. The zero-order chi connectivity index (χ0) is 14.8. The highest BCUT2D eigenvalue weighted by Gasteiger charge is 2.11. The van der Waals surface area contributed by atoms with Gasteiger partial charge in [0.2, 0.25) is 5.91 Å². The van der Waals surface area contributed by atoms with Gasteiger partial charge in [-0.2, -0.15) is 0 Å². The quantitative estimate of drug-likeness (QED) is 0.466. The van der Waals surface area contributed by atoms with E-state index in [1.165, 1.54) is 16.7 Å². The molecule has 0 aromatic heterocycles. The number of thioether (sulfide) groups is 2. The lowest BCUT2D eigenvalue weighted by Gasteiger charge is -2.07. The summed E-state index contributed by atoms with van der Waals surface area (Å²) in [4.78, 5) is 23.1. The number of nitrogens with two attached hydrogens (primary N) is 1. The second kappa shape index (κ2) is 9.68. The summed E-state index contributed by atoms with van der Waals surface area (Å²) < 4.78 is 0. The smallest absolute Gasteiger partial charge is 0.321 e. The molecule has 0 saturated heterocycles. The molecule has 0 aliphatic heterocycles. The number of carbonyl (C=O) groups is 2. The van der Waals surface area contributed by atoms with Gasteiger partial charge >= 0.3 is 5.97 Å². The fourth-order valence-corrected chi connectivity index (χ4v) is 2.87. The van der Waals surface area contributed by atoms with Gasteiger partial charge in [0.1, 0.15) is 6.04 Å². The van der Waals surface area contributed by atoms with Crippen LogP contribution >= 0.6 is 23.5 Å². The Labute approximate surface area is 126 Å². The van der Waals surface area contributed by atoms with Crippen molar-refractivity contribution in [3.8, 4) is 0 Å². The fourth-order valence-electron chi connectivity index (χ4n) is 1.28. The minimum Gasteiger partial charge on any atom is -0.480 e. The third-order valence-corrected chi connectivity index (χ3v) is 4.36. The molecule has 7 heteroatoms. The molecule has 4 N–H and O–H groups in total. The SMILES string of the molecule is N[C@H](CSCC(=O)NCCSc1ccccc1)C(=O)O. The van der Waals surface area contributed by atoms with Crippen molar-refractivity contribution >= 4 is 35.4 Å². The van der Waals surface area contributed by atoms with Crippen LogP contribution in [-0.2, 0) is 9.59 Å². The van der Waals surface area contributed by atoms with Crippen molar-refractivity contribution in [2.24, 2.45) is 5.73 Å². The maximum atomic E-state index is 11.5. The Morgan fingerprint density at radius 1 is 1.30 bits per heavy atom. The van der Waals surface area contributed by atoms with Crippen molar-refractivity contribution in [3.05, 3.63) is 30.3 Å². The van der Waals surface area contributed by atoms with Gasteiger partial charge in [0.25, 0.3) is 0 Å². The molecule has 0 aliphatic carbocycles. The maximum Gasteiger partial charge on any atom is 0.321 e. The van der Waals surface area contributed by atoms with Crippen LogP contribution < -0.4 is 11.1 Å². The summed E-state index contributed by atoms with van der Waals surface area (Å²) in [6.45, 7) is 0.587. The molecule has 1 aromatic carbocycles. The van der Waals surface area contributed by atoms with Gasteiger partial charge in [-0.15, -0.1) is 23.5 Å². The van der Waals surface area contributed by atoms with Gasteiger partial charge in [0.05, 0.1) is 5.75 Å². The van der Waals surface area contributed by atoms with Gasteiger partial charge in [-0.05, 0) is 12.1 Å². The van der Waals surface area contributed by atoms with Crippen molar-refractivity contribution in [3.63, 3.8) is 0 Å². The zero-order valence-electron chi connectivity index (χ0n) is 11.0. The molecule has 1 aromatic rings. The molecular formula is C13H18N2O3S2. The summed E-state index contributed by atoms with van der Waals surface area (Å²) in [5, 5.41) is 11.4. The summed E-state index contributed by atoms with van der Waals surface area (Å²) >= 11 is 2.90. The number of carboxylic acids is 1. The number of nitrogens with one attached hydrogen (secondary N) is 1. The molecule has 0 bridgehead atoms. The van der Waals surface area contributed by atoms with Crippen molar-refractivity contribution in [2.45, 2.75) is 10.9 Å². The lowest BCUT2D eigenvalue weighted by Crippen LogP contribution is -2.33. The van der Waals surface area contributed by atoms with Gasteiger partial charge in [-0.25, -0.2) is 0 Å². The molecule has 5 nitrogen and oxygen atoms in total. The number of aliphatic carboxylic acids is 1. The molecular weight excluding hydrogens is 296 g/mol. The molecule has 0 unspecified atom stereocenters. The maximum absolute atomic E-state index is 11.5. The standard InChI is InChI=1S/C13H18N2O3S2/c14-11(13(17)18)8-19-9-12(16)15-6-7-20-10-4-2-1-3-5-10/h1-5,11H,6-9,14H2,(H,15,16)(H,17,18)/t11-/m1/s1. The first kappa shape index (κ1) is 16.9. The Kier molecular flexibility index (Phi) is 8.17. The number of carbonyl (C=O) groups excluding carboxylic acids is 1. The van der Waals surface area contributed by atoms with Gasteiger partial charge in [-0.1, -0.05) is 18.2 Å². The van der Waals surface area contributed by atoms with Crippen molar-refractivity contribution in [1.82, 2.24) is 5.32 Å². The minimum atomic E-state index is -1.04. The monoisotopic (exact) mass is 314 g/mol. The van der Waals surface area contributed by atoms with Crippen LogP contribution in [0.1, 0.15) is 0 Å². The van der Waals surface area contributed by atoms with E-state index in [9.17, 15) is 9.59 Å². The van der Waals surface area contributed by atoms with Gasteiger partial charge in [0, 0.05) is 22.9 Å². The van der Waals surface area contributed by atoms with Crippen LogP contribution in [0.4, 0.5) is 0 Å². The van der Waals surface area contributed by atoms with Crippen LogP contribution in [0.25, 0.3) is 0 Å². The number of hydrogen-bond acceptors (Lipinski definition) is 5. The average Bonchev–Trinajstić information content (AvgIpc) is 2.44. The lowest BCUT2D eigenvalue weighted by molar-refractivity contribution is -0.138. The average molecular weight is 314 g/mol. The van der Waals surface area contributed by atoms with E-state index in [1.807, 2.05) is 30.3 Å². The predicted octanol–water partition coefficient (Wildman–Crippen LogP) is 1.04. The molecule has 0 saturated carbocycles. The van der Waals surface area contributed by atoms with Crippen molar-refractivity contribution in [1.29, 1.82) is 0 Å². The molecule has 20 heavy (non-hydrogen) atoms. The van der Waals surface area contributed by atoms with E-state index < -0.39 is 12.0 Å². The second-order valence-corrected chi connectivity index (χ2v) is 6.17. The van der Waals surface area contributed by atoms with Crippen LogP contribution in [0.5, 0.6) is 0 Å². The van der Waals surface area contributed by atoms with Gasteiger partial charge < -0.3 is 16.2 Å². The molecule has 0 heterocycles. The number of amides is 1. The molecule has 1 rings (SSSR count). The summed E-state index contributed by atoms with van der Waals surface area (Å²) in [6.07, 6.45) is 0. The molecule has 0 fully saturated rings. The molecule has 110 valence electrons. The second-order valence-electron chi connectivity index (χ2n) is 3.97. The third-order valence-electron chi connectivity index (χ3n) is 2.28. The highest BCUT2D eigenvalue weighted by atomic mass is 32.2. The topological polar surface area (TPSA) is 92.4 Å². The number of rotatable bonds is 9. The van der Waals surface area contributed by atoms with Crippen LogP contribution in [0.15, 0.2) is 35.2 Å². The first-order chi connectivity index (χ1) is 9.59. The minimum absolute atomic E-state index is 0.0961. The van der Waals surface area contributed by atoms with E-state index in [0.717, 1.165) is 5.75 Å². The van der Waals surface area contributed by atoms with E-state index in [0.29, 0.717) is 6.54 Å². The molecule has 0 spiro atoms. The highest BCUT2D eigenvalue weighted by molar-refractivity contribution is 8.00. The number of hydrogen-bond donors (Lipinski definition) is 3. The summed E-state index contributed by atoms with van der Waals surface area (Å²) in [5.41, 5.74) is 5.33. The third kappa shape index (κ3) is 7.42.